The second kappa shape index (κ2) is 16.3. The number of amides is 4. The van der Waals surface area contributed by atoms with Crippen LogP contribution in [-0.4, -0.2) is 82.5 Å². The minimum absolute atomic E-state index is 0.0501. The molecule has 56 heavy (non-hydrogen) atoms. The number of ether oxygens (including phenoxy) is 1. The molecule has 0 heterocycles. The zero-order chi connectivity index (χ0) is 40.3. The van der Waals surface area contributed by atoms with Crippen molar-refractivity contribution in [1.29, 1.82) is 0 Å². The maximum Gasteiger partial charge on any atom is 0.410 e. The highest BCUT2D eigenvalue weighted by atomic mass is 16.6. The van der Waals surface area contributed by atoms with Crippen molar-refractivity contribution in [2.24, 2.45) is 0 Å². The molecule has 6 rings (SSSR count). The molecule has 0 aromatic heterocycles. The molecule has 0 aliphatic rings. The van der Waals surface area contributed by atoms with Crippen molar-refractivity contribution in [1.82, 2.24) is 19.6 Å². The van der Waals surface area contributed by atoms with E-state index in [1.54, 1.807) is 42.9 Å². The Kier molecular flexibility index (Phi) is 11.5. The molecule has 0 spiro atoms. The third-order valence-electron chi connectivity index (χ3n) is 10.3. The summed E-state index contributed by atoms with van der Waals surface area (Å²) < 4.78 is 5.64. The monoisotopic (exact) mass is 754 g/mol. The minimum Gasteiger partial charge on any atom is -0.465 e. The number of rotatable bonds is 11. The topological polar surface area (TPSA) is 111 Å². The van der Waals surface area contributed by atoms with Crippen LogP contribution in [0.4, 0.5) is 9.59 Å². The summed E-state index contributed by atoms with van der Waals surface area (Å²) in [6, 6.07) is 31.9. The first-order valence-electron chi connectivity index (χ1n) is 18.8. The lowest BCUT2D eigenvalue weighted by Crippen LogP contribution is -2.34. The van der Waals surface area contributed by atoms with Gasteiger partial charge in [-0.1, -0.05) is 97.1 Å². The maximum absolute atomic E-state index is 13.7. The zero-order valence-electron chi connectivity index (χ0n) is 33.3. The van der Waals surface area contributed by atoms with Gasteiger partial charge in [-0.05, 0) is 86.1 Å². The van der Waals surface area contributed by atoms with E-state index in [9.17, 15) is 24.3 Å². The number of benzene rings is 6. The average molecular weight is 755 g/mol. The number of nitrogens with zero attached hydrogens (tertiary/aromatic N) is 4. The first kappa shape index (κ1) is 39.5. The molecule has 290 valence electrons. The summed E-state index contributed by atoms with van der Waals surface area (Å²) in [5, 5.41) is 17.4. The van der Waals surface area contributed by atoms with Gasteiger partial charge in [-0.15, -0.1) is 0 Å². The fourth-order valence-corrected chi connectivity index (χ4v) is 7.49. The van der Waals surface area contributed by atoms with Crippen molar-refractivity contribution in [3.63, 3.8) is 0 Å². The minimum atomic E-state index is -1.01. The second-order valence-electron chi connectivity index (χ2n) is 15.6. The van der Waals surface area contributed by atoms with Gasteiger partial charge >= 0.3 is 12.2 Å². The predicted octanol–water partition coefficient (Wildman–Crippen LogP) is 9.17. The van der Waals surface area contributed by atoms with Gasteiger partial charge in [0.25, 0.3) is 0 Å². The average Bonchev–Trinajstić information content (AvgIpc) is 3.18. The van der Waals surface area contributed by atoms with Crippen LogP contribution in [0.3, 0.4) is 0 Å². The van der Waals surface area contributed by atoms with Crippen LogP contribution in [0.5, 0.6) is 0 Å². The van der Waals surface area contributed by atoms with Crippen molar-refractivity contribution in [2.45, 2.75) is 65.4 Å². The Morgan fingerprint density at radius 2 is 0.714 bits per heavy atom. The van der Waals surface area contributed by atoms with Gasteiger partial charge in [-0.3, -0.25) is 9.59 Å². The SMILES string of the molecule is CN(Cc1c2ccccc2c(CN(C)C(=O)CCC(=O)N(C)Cc2c3ccccc3c(CN(C)C(=O)OC(C)(C)C)c3ccccc23)c2ccccc12)C(=O)O. The standard InChI is InChI=1S/C46H50N4O6/c1-46(2,3)56-45(55)50(7)29-41-36-22-14-10-18-32(36)39(33-19-11-15-23-37(33)41)27-48(5)43(52)25-24-42(51)47(4)26-38-30-16-8-12-20-34(30)40(28-49(6)44(53)54)35-21-13-9-17-31(35)38/h8-23H,24-29H2,1-7H3,(H,53,54). The Labute approximate surface area is 327 Å². The van der Waals surface area contributed by atoms with Gasteiger partial charge < -0.3 is 29.4 Å². The maximum atomic E-state index is 13.7. The Balaban J connectivity index is 1.20. The van der Waals surface area contributed by atoms with Crippen molar-refractivity contribution in [2.75, 3.05) is 28.2 Å². The van der Waals surface area contributed by atoms with Crippen LogP contribution in [0.25, 0.3) is 43.1 Å². The van der Waals surface area contributed by atoms with Crippen LogP contribution in [0.2, 0.25) is 0 Å². The summed E-state index contributed by atoms with van der Waals surface area (Å²) >= 11 is 0. The summed E-state index contributed by atoms with van der Waals surface area (Å²) in [7, 11) is 6.82. The fourth-order valence-electron chi connectivity index (χ4n) is 7.49. The lowest BCUT2D eigenvalue weighted by atomic mass is 9.91. The highest BCUT2D eigenvalue weighted by molar-refractivity contribution is 6.07. The van der Waals surface area contributed by atoms with Crippen LogP contribution in [0.15, 0.2) is 97.1 Å². The highest BCUT2D eigenvalue weighted by Crippen LogP contribution is 2.36. The first-order chi connectivity index (χ1) is 26.6. The molecule has 0 radical (unpaired) electrons. The van der Waals surface area contributed by atoms with Gasteiger partial charge in [0.05, 0.1) is 0 Å². The van der Waals surface area contributed by atoms with Gasteiger partial charge in [-0.25, -0.2) is 9.59 Å². The van der Waals surface area contributed by atoms with E-state index in [0.29, 0.717) is 19.6 Å². The van der Waals surface area contributed by atoms with Crippen LogP contribution in [0.1, 0.15) is 55.9 Å². The lowest BCUT2D eigenvalue weighted by Gasteiger charge is -2.26. The van der Waals surface area contributed by atoms with Crippen LogP contribution in [0, 0.1) is 0 Å². The van der Waals surface area contributed by atoms with Crippen molar-refractivity contribution < 1.29 is 29.0 Å². The van der Waals surface area contributed by atoms with Gasteiger partial charge in [0.2, 0.25) is 11.8 Å². The molecule has 0 atom stereocenters. The quantitative estimate of drug-likeness (QED) is 0.132. The number of hydrogen-bond acceptors (Lipinski definition) is 5. The number of fused-ring (bicyclic) bond motifs is 4. The van der Waals surface area contributed by atoms with E-state index in [-0.39, 0.29) is 31.2 Å². The molecule has 0 saturated carbocycles. The molecule has 6 aromatic rings. The Hall–Kier alpha value is -6.16. The van der Waals surface area contributed by atoms with E-state index in [1.165, 1.54) is 4.90 Å². The van der Waals surface area contributed by atoms with E-state index in [1.807, 2.05) is 106 Å². The van der Waals surface area contributed by atoms with Gasteiger partial charge in [-0.2, -0.15) is 0 Å². The Morgan fingerprint density at radius 3 is 0.964 bits per heavy atom. The number of carbonyl (C=O) groups is 4. The molecule has 0 bridgehead atoms. The van der Waals surface area contributed by atoms with Crippen molar-refractivity contribution in [3.05, 3.63) is 119 Å². The van der Waals surface area contributed by atoms with E-state index in [2.05, 4.69) is 12.1 Å². The highest BCUT2D eigenvalue weighted by Gasteiger charge is 2.24. The third kappa shape index (κ3) is 8.39. The predicted molar refractivity (Wildman–Crippen MR) is 222 cm³/mol. The molecule has 6 aromatic carbocycles. The molecule has 0 aliphatic carbocycles. The first-order valence-corrected chi connectivity index (χ1v) is 18.8. The number of hydrogen-bond donors (Lipinski definition) is 1. The fraction of sp³-hybridized carbons (Fsp3) is 0.304. The van der Waals surface area contributed by atoms with Crippen molar-refractivity contribution >= 4 is 67.1 Å². The summed E-state index contributed by atoms with van der Waals surface area (Å²) in [6.07, 6.45) is -1.31. The Bertz CT molecular complexity index is 2360. The van der Waals surface area contributed by atoms with Crippen LogP contribution in [-0.2, 0) is 40.5 Å². The molecule has 0 unspecified atom stereocenters. The van der Waals surface area contributed by atoms with E-state index >= 15 is 0 Å². The smallest absolute Gasteiger partial charge is 0.410 e. The normalized spacial score (nSPS) is 11.6. The molecular formula is C46H50N4O6. The molecule has 1 N–H and O–H groups in total. The number of carbonyl (C=O) groups excluding carboxylic acids is 3. The molecular weight excluding hydrogens is 705 g/mol. The lowest BCUT2D eigenvalue weighted by molar-refractivity contribution is -0.136. The second-order valence-corrected chi connectivity index (χ2v) is 15.6. The molecule has 0 saturated heterocycles. The van der Waals surface area contributed by atoms with Gasteiger partial charge in [0, 0.05) is 67.2 Å². The van der Waals surface area contributed by atoms with E-state index in [0.717, 1.165) is 65.3 Å². The van der Waals surface area contributed by atoms with Gasteiger partial charge in [0.1, 0.15) is 5.60 Å². The Morgan fingerprint density at radius 1 is 0.464 bits per heavy atom. The summed E-state index contributed by atoms with van der Waals surface area (Å²) in [6.45, 7) is 6.78. The summed E-state index contributed by atoms with van der Waals surface area (Å²) in [5.41, 5.74) is 3.26. The van der Waals surface area contributed by atoms with Gasteiger partial charge in [0.15, 0.2) is 0 Å². The molecule has 4 amide bonds. The summed E-state index contributed by atoms with van der Waals surface area (Å²) in [4.78, 5) is 58.2. The number of carboxylic acid groups (broad SMARTS) is 1. The van der Waals surface area contributed by atoms with E-state index in [4.69, 9.17) is 4.74 Å². The third-order valence-corrected chi connectivity index (χ3v) is 10.3. The molecule has 0 aliphatic heterocycles. The molecule has 0 fully saturated rings. The zero-order valence-corrected chi connectivity index (χ0v) is 33.3. The molecule has 10 nitrogen and oxygen atoms in total. The van der Waals surface area contributed by atoms with E-state index < -0.39 is 17.8 Å². The molecule has 10 heteroatoms. The largest absolute Gasteiger partial charge is 0.465 e. The summed E-state index contributed by atoms with van der Waals surface area (Å²) in [5.74, 6) is -0.291. The van der Waals surface area contributed by atoms with Crippen LogP contribution >= 0.6 is 0 Å². The van der Waals surface area contributed by atoms with Crippen molar-refractivity contribution in [3.8, 4) is 0 Å². The van der Waals surface area contributed by atoms with Crippen LogP contribution < -0.4 is 0 Å².